The third-order valence-electron chi connectivity index (χ3n) is 6.10. The molecule has 0 saturated carbocycles. The zero-order chi connectivity index (χ0) is 30.3. The Balaban J connectivity index is 1.97. The molecule has 1 aliphatic rings. The Kier molecular flexibility index (Phi) is 8.40. The van der Waals surface area contributed by atoms with Gasteiger partial charge in [0.15, 0.2) is 11.6 Å². The molecule has 2 heterocycles. The zero-order valence-corrected chi connectivity index (χ0v) is 23.4. The molecule has 2 unspecified atom stereocenters. The smallest absolute Gasteiger partial charge is 0.442 e. The number of rotatable bonds is 5. The lowest BCUT2D eigenvalue weighted by Gasteiger charge is -2.29. The van der Waals surface area contributed by atoms with Crippen LogP contribution in [0.3, 0.4) is 0 Å². The van der Waals surface area contributed by atoms with Gasteiger partial charge in [-0.25, -0.2) is 18.4 Å². The van der Waals surface area contributed by atoms with Crippen molar-refractivity contribution in [3.05, 3.63) is 42.1 Å². The van der Waals surface area contributed by atoms with E-state index < -0.39 is 75.3 Å². The van der Waals surface area contributed by atoms with Gasteiger partial charge in [0.2, 0.25) is 11.7 Å². The summed E-state index contributed by atoms with van der Waals surface area (Å²) >= 11 is 0. The number of methoxy groups -OCH3 is 1. The van der Waals surface area contributed by atoms with Gasteiger partial charge < -0.3 is 19.7 Å². The number of amides is 2. The molecule has 1 N–H and O–H groups in total. The van der Waals surface area contributed by atoms with E-state index >= 15 is 0 Å². The molecule has 0 aliphatic carbocycles. The third-order valence-corrected chi connectivity index (χ3v) is 7.60. The van der Waals surface area contributed by atoms with Crippen LogP contribution in [-0.4, -0.2) is 58.9 Å². The van der Waals surface area contributed by atoms with Gasteiger partial charge >= 0.3 is 12.3 Å². The van der Waals surface area contributed by atoms with Crippen LogP contribution in [0.4, 0.5) is 38.1 Å². The lowest BCUT2D eigenvalue weighted by atomic mass is 9.87. The maximum absolute atomic E-state index is 14.4. The van der Waals surface area contributed by atoms with Crippen molar-refractivity contribution in [2.24, 2.45) is 9.78 Å². The SMILES string of the molecule is COc1c(N2CC(C)(C(F)(F)F)CC2C(=O)Nc2ccnc([S@@](C)(=O)=NC(=O)OC(C)(C)C)c2)ccc(F)c1F. The molecule has 2 amide bonds. The standard InChI is InChI=1S/C25H29F5N4O5S/c1-23(2,3)39-22(36)33-40(6,37)18-11-14(9-10-31-18)32-21(35)17-12-24(4,25(28,29)30)13-34(17)16-8-7-15(26)19(27)20(16)38-5/h7-11,17H,12-13H2,1-6H3,(H,31,32,35)/t17?,24?,40-/m1/s1. The number of ether oxygens (including phenoxy) is 2. The van der Waals surface area contributed by atoms with Gasteiger partial charge in [-0.3, -0.25) is 4.79 Å². The summed E-state index contributed by atoms with van der Waals surface area (Å²) in [6, 6.07) is 2.74. The summed E-state index contributed by atoms with van der Waals surface area (Å²) in [5, 5.41) is 2.27. The minimum Gasteiger partial charge on any atom is -0.491 e. The molecule has 1 fully saturated rings. The number of hydrogen-bond donors (Lipinski definition) is 1. The second kappa shape index (κ2) is 10.8. The van der Waals surface area contributed by atoms with Gasteiger partial charge in [-0.15, -0.1) is 4.36 Å². The van der Waals surface area contributed by atoms with Crippen LogP contribution >= 0.6 is 0 Å². The molecule has 1 aromatic carbocycles. The fourth-order valence-corrected chi connectivity index (χ4v) is 5.13. The van der Waals surface area contributed by atoms with Crippen LogP contribution in [0.2, 0.25) is 0 Å². The number of benzene rings is 1. The van der Waals surface area contributed by atoms with Crippen LogP contribution in [0, 0.1) is 17.0 Å². The molecule has 2 aromatic rings. The fraction of sp³-hybridized carbons (Fsp3) is 0.480. The molecule has 15 heteroatoms. The van der Waals surface area contributed by atoms with E-state index in [0.717, 1.165) is 43.4 Å². The molecular weight excluding hydrogens is 563 g/mol. The summed E-state index contributed by atoms with van der Waals surface area (Å²) in [5.41, 5.74) is -3.51. The van der Waals surface area contributed by atoms with E-state index in [1.807, 2.05) is 0 Å². The highest BCUT2D eigenvalue weighted by molar-refractivity contribution is 7.93. The molecule has 1 aromatic heterocycles. The normalized spacial score (nSPS) is 21.0. The number of anilines is 2. The molecule has 40 heavy (non-hydrogen) atoms. The number of carbonyl (C=O) groups excluding carboxylic acids is 2. The summed E-state index contributed by atoms with van der Waals surface area (Å²) in [4.78, 5) is 30.4. The highest BCUT2D eigenvalue weighted by atomic mass is 32.2. The predicted octanol–water partition coefficient (Wildman–Crippen LogP) is 5.55. The van der Waals surface area contributed by atoms with Gasteiger partial charge in [0.05, 0.1) is 18.2 Å². The molecule has 1 aliphatic heterocycles. The Bertz CT molecular complexity index is 1440. The Morgan fingerprint density at radius 3 is 2.42 bits per heavy atom. The van der Waals surface area contributed by atoms with E-state index in [0.29, 0.717) is 0 Å². The van der Waals surface area contributed by atoms with Gasteiger partial charge in [-0.05, 0) is 58.4 Å². The third kappa shape index (κ3) is 6.62. The van der Waals surface area contributed by atoms with Crippen molar-refractivity contribution in [3.63, 3.8) is 0 Å². The summed E-state index contributed by atoms with van der Waals surface area (Å²) in [6.45, 7) is 4.97. The second-order valence-electron chi connectivity index (χ2n) is 10.6. The lowest BCUT2D eigenvalue weighted by Crippen LogP contribution is -2.40. The van der Waals surface area contributed by atoms with Crippen molar-refractivity contribution in [1.29, 1.82) is 0 Å². The number of nitrogens with one attached hydrogen (secondary N) is 1. The second-order valence-corrected chi connectivity index (χ2v) is 12.8. The van der Waals surface area contributed by atoms with Crippen molar-refractivity contribution >= 4 is 33.1 Å². The van der Waals surface area contributed by atoms with Crippen LogP contribution in [-0.2, 0) is 19.3 Å². The Morgan fingerprint density at radius 1 is 1.20 bits per heavy atom. The molecule has 3 atom stereocenters. The maximum Gasteiger partial charge on any atom is 0.442 e. The van der Waals surface area contributed by atoms with Crippen molar-refractivity contribution < 1.29 is 45.2 Å². The molecule has 0 radical (unpaired) electrons. The number of hydrogen-bond acceptors (Lipinski definition) is 7. The Morgan fingerprint density at radius 2 is 1.85 bits per heavy atom. The van der Waals surface area contributed by atoms with Crippen molar-refractivity contribution in [2.45, 2.75) is 57.0 Å². The zero-order valence-electron chi connectivity index (χ0n) is 22.6. The van der Waals surface area contributed by atoms with Gasteiger partial charge in [0, 0.05) is 24.7 Å². The van der Waals surface area contributed by atoms with Crippen LogP contribution in [0.25, 0.3) is 0 Å². The van der Waals surface area contributed by atoms with Crippen LogP contribution < -0.4 is 15.0 Å². The average molecular weight is 593 g/mol. The quantitative estimate of drug-likeness (QED) is 0.454. The largest absolute Gasteiger partial charge is 0.491 e. The first-order chi connectivity index (χ1) is 18.3. The maximum atomic E-state index is 14.4. The van der Waals surface area contributed by atoms with E-state index in [9.17, 15) is 35.8 Å². The number of pyridine rings is 1. The summed E-state index contributed by atoms with van der Waals surface area (Å²) in [5.74, 6) is -4.25. The van der Waals surface area contributed by atoms with E-state index in [1.165, 1.54) is 12.3 Å². The highest BCUT2D eigenvalue weighted by Gasteiger charge is 2.59. The van der Waals surface area contributed by atoms with E-state index in [1.54, 1.807) is 20.8 Å². The average Bonchev–Trinajstić information content (AvgIpc) is 3.18. The molecule has 0 spiro atoms. The highest BCUT2D eigenvalue weighted by Crippen LogP contribution is 2.50. The Labute approximate surface area is 228 Å². The van der Waals surface area contributed by atoms with Gasteiger partial charge in [0.25, 0.3) is 0 Å². The molecule has 1 saturated heterocycles. The number of nitrogens with zero attached hydrogens (tertiary/aromatic N) is 3. The summed E-state index contributed by atoms with van der Waals surface area (Å²) in [6.07, 6.45) is -4.23. The fourth-order valence-electron chi connectivity index (χ4n) is 4.11. The monoisotopic (exact) mass is 592 g/mol. The molecular formula is C25H29F5N4O5S. The number of alkyl halides is 3. The molecule has 3 rings (SSSR count). The van der Waals surface area contributed by atoms with E-state index in [4.69, 9.17) is 9.47 Å². The topological polar surface area (TPSA) is 110 Å². The van der Waals surface area contributed by atoms with E-state index in [2.05, 4.69) is 14.7 Å². The first kappa shape index (κ1) is 31.0. The van der Waals surface area contributed by atoms with Crippen molar-refractivity contribution in [3.8, 4) is 5.75 Å². The number of aromatic nitrogens is 1. The Hall–Kier alpha value is -3.49. The van der Waals surface area contributed by atoms with Crippen LogP contribution in [0.5, 0.6) is 5.75 Å². The van der Waals surface area contributed by atoms with Crippen LogP contribution in [0.15, 0.2) is 39.9 Å². The summed E-state index contributed by atoms with van der Waals surface area (Å²) < 4.78 is 96.9. The molecule has 9 nitrogen and oxygen atoms in total. The van der Waals surface area contributed by atoms with E-state index in [-0.39, 0.29) is 16.4 Å². The first-order valence-corrected chi connectivity index (χ1v) is 13.8. The van der Waals surface area contributed by atoms with Crippen molar-refractivity contribution in [2.75, 3.05) is 30.1 Å². The first-order valence-electron chi connectivity index (χ1n) is 11.9. The lowest BCUT2D eigenvalue weighted by molar-refractivity contribution is -0.210. The van der Waals surface area contributed by atoms with Crippen molar-refractivity contribution in [1.82, 2.24) is 4.98 Å². The minimum atomic E-state index is -4.73. The molecule has 0 bridgehead atoms. The minimum absolute atomic E-state index is 0.00165. The number of carbonyl (C=O) groups is 2. The van der Waals surface area contributed by atoms with Crippen LogP contribution in [0.1, 0.15) is 34.1 Å². The summed E-state index contributed by atoms with van der Waals surface area (Å²) in [7, 11) is -2.41. The molecule has 220 valence electrons. The van der Waals surface area contributed by atoms with Gasteiger partial charge in [-0.1, -0.05) is 0 Å². The van der Waals surface area contributed by atoms with Gasteiger partial charge in [0.1, 0.15) is 26.4 Å². The van der Waals surface area contributed by atoms with Gasteiger partial charge in [-0.2, -0.15) is 17.6 Å². The predicted molar refractivity (Wildman–Crippen MR) is 137 cm³/mol. The number of halogens is 5.